The Morgan fingerprint density at radius 3 is 2.32 bits per heavy atom. The highest BCUT2D eigenvalue weighted by atomic mass is 15.1. The van der Waals surface area contributed by atoms with Crippen molar-refractivity contribution in [3.63, 3.8) is 0 Å². The van der Waals surface area contributed by atoms with Crippen molar-refractivity contribution >= 4 is 0 Å². The van der Waals surface area contributed by atoms with Gasteiger partial charge in [-0.15, -0.1) is 0 Å². The topological polar surface area (TPSA) is 47.7 Å². The van der Waals surface area contributed by atoms with E-state index in [0.717, 1.165) is 31.3 Å². The fourth-order valence-corrected chi connectivity index (χ4v) is 1.93. The van der Waals surface area contributed by atoms with E-state index in [4.69, 9.17) is 0 Å². The van der Waals surface area contributed by atoms with Crippen LogP contribution in [-0.4, -0.2) is 24.6 Å². The molecule has 0 spiro atoms. The van der Waals surface area contributed by atoms with Gasteiger partial charge in [0, 0.05) is 36.9 Å². The first kappa shape index (κ1) is 13.8. The molecule has 2 heterocycles. The van der Waals surface area contributed by atoms with Gasteiger partial charge in [-0.05, 0) is 27.7 Å². The summed E-state index contributed by atoms with van der Waals surface area (Å²) in [5.74, 6) is 2.11. The molecular weight excluding hydrogens is 238 g/mol. The largest absolute Gasteiger partial charge is 0.334 e. The smallest absolute Gasteiger partial charge is 0.128 e. The third-order valence-electron chi connectivity index (χ3n) is 3.03. The van der Waals surface area contributed by atoms with Gasteiger partial charge in [-0.3, -0.25) is 0 Å². The second-order valence-electron chi connectivity index (χ2n) is 5.70. The molecule has 0 saturated carbocycles. The van der Waals surface area contributed by atoms with E-state index in [2.05, 4.69) is 52.1 Å². The normalized spacial score (nSPS) is 12.0. The quantitative estimate of drug-likeness (QED) is 0.896. The number of aryl methyl sites for hydroxylation is 1. The van der Waals surface area contributed by atoms with Crippen molar-refractivity contribution in [2.75, 3.05) is 0 Å². The summed E-state index contributed by atoms with van der Waals surface area (Å²) in [6, 6.07) is 0. The zero-order valence-corrected chi connectivity index (χ0v) is 12.2. The van der Waals surface area contributed by atoms with Crippen molar-refractivity contribution in [1.82, 2.24) is 24.4 Å². The predicted octanol–water partition coefficient (Wildman–Crippen LogP) is 2.04. The Labute approximate surface area is 114 Å². The molecule has 5 nitrogen and oxygen atoms in total. The van der Waals surface area contributed by atoms with E-state index < -0.39 is 0 Å². The van der Waals surface area contributed by atoms with E-state index in [-0.39, 0.29) is 5.54 Å². The minimum atomic E-state index is 0.0959. The summed E-state index contributed by atoms with van der Waals surface area (Å²) >= 11 is 0. The Bertz CT molecular complexity index is 518. The molecule has 0 aliphatic rings. The van der Waals surface area contributed by atoms with Crippen molar-refractivity contribution in [3.05, 3.63) is 36.4 Å². The summed E-state index contributed by atoms with van der Waals surface area (Å²) < 4.78 is 4.30. The number of nitrogens with zero attached hydrogens (tertiary/aromatic N) is 4. The zero-order chi connectivity index (χ0) is 13.9. The van der Waals surface area contributed by atoms with Gasteiger partial charge in [-0.1, -0.05) is 0 Å². The molecule has 0 atom stereocenters. The molecule has 0 unspecified atom stereocenters. The number of nitrogens with one attached hydrogen (secondary N) is 1. The molecule has 0 aliphatic heterocycles. The Hall–Kier alpha value is -1.62. The maximum Gasteiger partial charge on any atom is 0.128 e. The van der Waals surface area contributed by atoms with Crippen molar-refractivity contribution < 1.29 is 0 Å². The van der Waals surface area contributed by atoms with Crippen LogP contribution in [0.15, 0.2) is 24.8 Å². The zero-order valence-electron chi connectivity index (χ0n) is 12.2. The van der Waals surface area contributed by atoms with Crippen LogP contribution in [0.2, 0.25) is 0 Å². The van der Waals surface area contributed by atoms with Crippen molar-refractivity contribution in [2.24, 2.45) is 0 Å². The lowest BCUT2D eigenvalue weighted by atomic mass is 10.1. The van der Waals surface area contributed by atoms with E-state index >= 15 is 0 Å². The first-order valence-electron chi connectivity index (χ1n) is 6.74. The lowest BCUT2D eigenvalue weighted by molar-refractivity contribution is 0.412. The van der Waals surface area contributed by atoms with Crippen LogP contribution in [0, 0.1) is 0 Å². The summed E-state index contributed by atoms with van der Waals surface area (Å²) in [6.07, 6.45) is 7.72. The highest BCUT2D eigenvalue weighted by Crippen LogP contribution is 2.06. The number of aromatic nitrogens is 4. The van der Waals surface area contributed by atoms with Crippen LogP contribution >= 0.6 is 0 Å². The van der Waals surface area contributed by atoms with E-state index in [1.807, 2.05) is 24.8 Å². The molecule has 2 aromatic heterocycles. The first-order valence-corrected chi connectivity index (χ1v) is 6.74. The van der Waals surface area contributed by atoms with E-state index in [0.29, 0.717) is 0 Å². The van der Waals surface area contributed by atoms with Crippen molar-refractivity contribution in [1.29, 1.82) is 0 Å². The Morgan fingerprint density at radius 2 is 1.68 bits per heavy atom. The first-order chi connectivity index (χ1) is 8.99. The van der Waals surface area contributed by atoms with Gasteiger partial charge in [-0.2, -0.15) is 0 Å². The summed E-state index contributed by atoms with van der Waals surface area (Å²) in [6.45, 7) is 11.1. The molecule has 5 heteroatoms. The molecule has 0 aromatic carbocycles. The molecule has 104 valence electrons. The predicted molar refractivity (Wildman–Crippen MR) is 75.8 cm³/mol. The van der Waals surface area contributed by atoms with Crippen LogP contribution in [0.4, 0.5) is 0 Å². The fraction of sp³-hybridized carbons (Fsp3) is 0.571. The fourth-order valence-electron chi connectivity index (χ4n) is 1.93. The number of rotatable bonds is 5. The van der Waals surface area contributed by atoms with E-state index in [1.54, 1.807) is 0 Å². The lowest BCUT2D eigenvalue weighted by Crippen LogP contribution is -2.36. The Kier molecular flexibility index (Phi) is 4.04. The summed E-state index contributed by atoms with van der Waals surface area (Å²) in [4.78, 5) is 8.82. The summed E-state index contributed by atoms with van der Waals surface area (Å²) in [7, 11) is 0. The van der Waals surface area contributed by atoms with Crippen molar-refractivity contribution in [2.45, 2.75) is 52.9 Å². The molecule has 0 bridgehead atoms. The minimum absolute atomic E-state index is 0.0959. The van der Waals surface area contributed by atoms with Gasteiger partial charge >= 0.3 is 0 Å². The van der Waals surface area contributed by atoms with Gasteiger partial charge in [0.05, 0.1) is 13.1 Å². The number of imidazole rings is 2. The highest BCUT2D eigenvalue weighted by Gasteiger charge is 2.12. The summed E-state index contributed by atoms with van der Waals surface area (Å²) in [5.41, 5.74) is 0.0959. The van der Waals surface area contributed by atoms with Crippen LogP contribution in [0.25, 0.3) is 0 Å². The van der Waals surface area contributed by atoms with Gasteiger partial charge in [0.2, 0.25) is 0 Å². The van der Waals surface area contributed by atoms with Gasteiger partial charge < -0.3 is 14.5 Å². The molecule has 0 saturated heterocycles. The Morgan fingerprint density at radius 1 is 1.05 bits per heavy atom. The third kappa shape index (κ3) is 3.67. The monoisotopic (exact) mass is 261 g/mol. The van der Waals surface area contributed by atoms with Crippen LogP contribution in [-0.2, 0) is 19.6 Å². The number of hydrogen-bond acceptors (Lipinski definition) is 3. The minimum Gasteiger partial charge on any atom is -0.334 e. The second kappa shape index (κ2) is 5.57. The molecule has 0 amide bonds. The molecule has 0 radical (unpaired) electrons. The van der Waals surface area contributed by atoms with E-state index in [9.17, 15) is 0 Å². The molecule has 19 heavy (non-hydrogen) atoms. The van der Waals surface area contributed by atoms with Gasteiger partial charge in [-0.25, -0.2) is 9.97 Å². The van der Waals surface area contributed by atoms with Gasteiger partial charge in [0.15, 0.2) is 0 Å². The van der Waals surface area contributed by atoms with E-state index in [1.165, 1.54) is 0 Å². The molecule has 2 aromatic rings. The van der Waals surface area contributed by atoms with Gasteiger partial charge in [0.25, 0.3) is 0 Å². The standard InChI is InChI=1S/C14H23N5/c1-5-18-8-6-16-13(18)11-19-9-7-15-12(19)10-17-14(2,3)4/h6-9,17H,5,10-11H2,1-4H3. The summed E-state index contributed by atoms with van der Waals surface area (Å²) in [5, 5.41) is 3.46. The maximum atomic E-state index is 4.42. The van der Waals surface area contributed by atoms with Crippen LogP contribution < -0.4 is 5.32 Å². The highest BCUT2D eigenvalue weighted by molar-refractivity contribution is 5.00. The average molecular weight is 261 g/mol. The Balaban J connectivity index is 2.07. The SMILES string of the molecule is CCn1ccnc1Cn1ccnc1CNC(C)(C)C. The molecule has 0 aliphatic carbocycles. The lowest BCUT2D eigenvalue weighted by Gasteiger charge is -2.20. The van der Waals surface area contributed by atoms with Crippen LogP contribution in [0.1, 0.15) is 39.3 Å². The molecular formula is C14H23N5. The van der Waals surface area contributed by atoms with Crippen LogP contribution in [0.5, 0.6) is 0 Å². The molecule has 2 rings (SSSR count). The maximum absolute atomic E-state index is 4.42. The third-order valence-corrected chi connectivity index (χ3v) is 3.03. The van der Waals surface area contributed by atoms with Crippen LogP contribution in [0.3, 0.4) is 0 Å². The number of hydrogen-bond donors (Lipinski definition) is 1. The molecule has 1 N–H and O–H groups in total. The second-order valence-corrected chi connectivity index (χ2v) is 5.70. The average Bonchev–Trinajstić information content (AvgIpc) is 2.95. The van der Waals surface area contributed by atoms with Gasteiger partial charge in [0.1, 0.15) is 11.6 Å². The molecule has 0 fully saturated rings. The van der Waals surface area contributed by atoms with Crippen molar-refractivity contribution in [3.8, 4) is 0 Å².